The summed E-state index contributed by atoms with van der Waals surface area (Å²) >= 11 is 0. The van der Waals surface area contributed by atoms with Crippen molar-refractivity contribution in [3.05, 3.63) is 47.4 Å². The van der Waals surface area contributed by atoms with Gasteiger partial charge in [0.1, 0.15) is 5.82 Å². The van der Waals surface area contributed by atoms with Crippen molar-refractivity contribution in [3.8, 4) is 11.3 Å². The Labute approximate surface area is 167 Å². The van der Waals surface area contributed by atoms with Crippen molar-refractivity contribution in [3.63, 3.8) is 0 Å². The van der Waals surface area contributed by atoms with E-state index >= 15 is 0 Å². The zero-order chi connectivity index (χ0) is 19.9. The maximum atomic E-state index is 12.6. The average molecular weight is 383 g/mol. The molecule has 0 unspecified atom stereocenters. The van der Waals surface area contributed by atoms with Crippen molar-refractivity contribution < 1.29 is 9.90 Å². The number of amides is 1. The van der Waals surface area contributed by atoms with Crippen LogP contribution in [0.3, 0.4) is 0 Å². The molecule has 1 aromatic carbocycles. The minimum atomic E-state index is -0.0825. The third-order valence-electron chi connectivity index (χ3n) is 5.32. The fraction of sp³-hybridized carbons (Fsp3) is 0.500. The Morgan fingerprint density at radius 2 is 2.14 bits per heavy atom. The molecule has 1 atom stereocenters. The molecule has 28 heavy (non-hydrogen) atoms. The van der Waals surface area contributed by atoms with E-state index in [1.807, 2.05) is 37.3 Å². The van der Waals surface area contributed by atoms with E-state index in [9.17, 15) is 9.90 Å². The molecule has 1 aliphatic rings. The molecule has 1 saturated heterocycles. The molecule has 2 aromatic rings. The highest BCUT2D eigenvalue weighted by Crippen LogP contribution is 2.20. The highest BCUT2D eigenvalue weighted by Gasteiger charge is 2.21. The first-order chi connectivity index (χ1) is 13.6. The largest absolute Gasteiger partial charge is 0.395 e. The topological polar surface area (TPSA) is 78.4 Å². The van der Waals surface area contributed by atoms with Crippen LogP contribution in [0, 0.1) is 6.92 Å². The summed E-state index contributed by atoms with van der Waals surface area (Å²) in [5.74, 6) is 0.657. The molecule has 6 nitrogen and oxygen atoms in total. The predicted octanol–water partition coefficient (Wildman–Crippen LogP) is 2.59. The van der Waals surface area contributed by atoms with Crippen LogP contribution in [0.4, 0.5) is 0 Å². The Hall–Kier alpha value is -2.31. The highest BCUT2D eigenvalue weighted by atomic mass is 16.3. The van der Waals surface area contributed by atoms with Gasteiger partial charge in [0.15, 0.2) is 0 Å². The summed E-state index contributed by atoms with van der Waals surface area (Å²) in [5, 5.41) is 12.5. The lowest BCUT2D eigenvalue weighted by molar-refractivity contribution is 0.0849. The van der Waals surface area contributed by atoms with Crippen molar-refractivity contribution in [2.45, 2.75) is 45.6 Å². The second-order valence-electron chi connectivity index (χ2n) is 7.35. The molecule has 150 valence electrons. The molecule has 3 rings (SSSR count). The van der Waals surface area contributed by atoms with E-state index in [-0.39, 0.29) is 18.6 Å². The van der Waals surface area contributed by atoms with Crippen LogP contribution >= 0.6 is 0 Å². The minimum absolute atomic E-state index is 0.0825. The monoisotopic (exact) mass is 382 g/mol. The third-order valence-corrected chi connectivity index (χ3v) is 5.32. The number of likely N-dealkylation sites (tertiary alicyclic amines) is 1. The number of aliphatic hydroxyl groups is 1. The van der Waals surface area contributed by atoms with E-state index in [1.165, 1.54) is 6.42 Å². The number of nitrogens with one attached hydrogen (secondary N) is 1. The molecule has 1 fully saturated rings. The van der Waals surface area contributed by atoms with Gasteiger partial charge in [0.25, 0.3) is 5.91 Å². The summed E-state index contributed by atoms with van der Waals surface area (Å²) in [6, 6.07) is 9.77. The zero-order valence-electron chi connectivity index (χ0n) is 16.8. The molecule has 0 aliphatic carbocycles. The van der Waals surface area contributed by atoms with Crippen molar-refractivity contribution >= 4 is 5.91 Å². The van der Waals surface area contributed by atoms with Crippen LogP contribution in [0.1, 0.15) is 48.1 Å². The fourth-order valence-corrected chi connectivity index (χ4v) is 3.75. The summed E-state index contributed by atoms with van der Waals surface area (Å²) in [5.41, 5.74) is 3.39. The molecule has 2 heterocycles. The molecule has 0 spiro atoms. The number of rotatable bonds is 7. The Balaban J connectivity index is 1.63. The van der Waals surface area contributed by atoms with Crippen molar-refractivity contribution in [2.75, 3.05) is 26.2 Å². The average Bonchev–Trinajstić information content (AvgIpc) is 2.73. The second kappa shape index (κ2) is 9.75. The second-order valence-corrected chi connectivity index (χ2v) is 7.35. The van der Waals surface area contributed by atoms with Crippen molar-refractivity contribution in [1.82, 2.24) is 20.2 Å². The number of carbonyl (C=O) groups excluding carboxylic acids is 1. The van der Waals surface area contributed by atoms with Gasteiger partial charge in [0, 0.05) is 36.0 Å². The van der Waals surface area contributed by atoms with Crippen LogP contribution in [-0.2, 0) is 6.42 Å². The SMILES string of the molecule is CCc1cc(-c2cccc(C(=O)NCCN3CCCC[C@H]3CO)c2)nc(C)n1. The van der Waals surface area contributed by atoms with Gasteiger partial charge in [-0.3, -0.25) is 9.69 Å². The summed E-state index contributed by atoms with van der Waals surface area (Å²) < 4.78 is 0. The number of aliphatic hydroxyl groups excluding tert-OH is 1. The van der Waals surface area contributed by atoms with Gasteiger partial charge < -0.3 is 10.4 Å². The first-order valence-corrected chi connectivity index (χ1v) is 10.2. The molecule has 0 saturated carbocycles. The van der Waals surface area contributed by atoms with E-state index < -0.39 is 0 Å². The van der Waals surface area contributed by atoms with Crippen molar-refractivity contribution in [1.29, 1.82) is 0 Å². The molecule has 0 bridgehead atoms. The quantitative estimate of drug-likeness (QED) is 0.770. The Kier molecular flexibility index (Phi) is 7.12. The summed E-state index contributed by atoms with van der Waals surface area (Å²) in [6.45, 7) is 6.48. The van der Waals surface area contributed by atoms with Crippen LogP contribution in [0.25, 0.3) is 11.3 Å². The number of hydrogen-bond donors (Lipinski definition) is 2. The Morgan fingerprint density at radius 3 is 2.93 bits per heavy atom. The first-order valence-electron chi connectivity index (χ1n) is 10.2. The van der Waals surface area contributed by atoms with Gasteiger partial charge in [-0.1, -0.05) is 25.5 Å². The van der Waals surface area contributed by atoms with Crippen LogP contribution in [-0.4, -0.2) is 58.2 Å². The molecular weight excluding hydrogens is 352 g/mol. The third kappa shape index (κ3) is 5.14. The van der Waals surface area contributed by atoms with Gasteiger partial charge in [0.2, 0.25) is 0 Å². The van der Waals surface area contributed by atoms with Gasteiger partial charge in [-0.15, -0.1) is 0 Å². The molecule has 1 aliphatic heterocycles. The molecule has 1 aromatic heterocycles. The van der Waals surface area contributed by atoms with Crippen LogP contribution in [0.2, 0.25) is 0 Å². The van der Waals surface area contributed by atoms with Crippen molar-refractivity contribution in [2.24, 2.45) is 0 Å². The lowest BCUT2D eigenvalue weighted by Gasteiger charge is -2.34. The summed E-state index contributed by atoms with van der Waals surface area (Å²) in [4.78, 5) is 23.8. The smallest absolute Gasteiger partial charge is 0.251 e. The number of piperidine rings is 1. The number of nitrogens with zero attached hydrogens (tertiary/aromatic N) is 3. The lowest BCUT2D eigenvalue weighted by Crippen LogP contribution is -2.45. The molecule has 0 radical (unpaired) electrons. The molecular formula is C22H30N4O2. The van der Waals surface area contributed by atoms with E-state index in [4.69, 9.17) is 0 Å². The number of benzene rings is 1. The van der Waals surface area contributed by atoms with Crippen LogP contribution in [0.5, 0.6) is 0 Å². The number of aryl methyl sites for hydroxylation is 2. The standard InChI is InChI=1S/C22H30N4O2/c1-3-19-14-21(25-16(2)24-19)17-7-6-8-18(13-17)22(28)23-10-12-26-11-5-4-9-20(26)15-27/h6-8,13-14,20,27H,3-5,9-12,15H2,1-2H3,(H,23,28)/t20-/m0/s1. The fourth-order valence-electron chi connectivity index (χ4n) is 3.75. The van der Waals surface area contributed by atoms with Gasteiger partial charge in [-0.05, 0) is 50.9 Å². The first kappa shape index (κ1) is 20.4. The van der Waals surface area contributed by atoms with E-state index in [0.29, 0.717) is 12.1 Å². The number of hydrogen-bond acceptors (Lipinski definition) is 5. The highest BCUT2D eigenvalue weighted by molar-refractivity contribution is 5.95. The van der Waals surface area contributed by atoms with E-state index in [1.54, 1.807) is 0 Å². The summed E-state index contributed by atoms with van der Waals surface area (Å²) in [7, 11) is 0. The summed E-state index contributed by atoms with van der Waals surface area (Å²) in [6.07, 6.45) is 4.21. The predicted molar refractivity (Wildman–Crippen MR) is 110 cm³/mol. The molecule has 1 amide bonds. The Bertz CT molecular complexity index is 809. The van der Waals surface area contributed by atoms with Crippen LogP contribution in [0.15, 0.2) is 30.3 Å². The minimum Gasteiger partial charge on any atom is -0.395 e. The van der Waals surface area contributed by atoms with Gasteiger partial charge in [0.05, 0.1) is 12.3 Å². The Morgan fingerprint density at radius 1 is 1.29 bits per heavy atom. The molecule has 2 N–H and O–H groups in total. The maximum absolute atomic E-state index is 12.6. The van der Waals surface area contributed by atoms with Gasteiger partial charge >= 0.3 is 0 Å². The van der Waals surface area contributed by atoms with Gasteiger partial charge in [-0.25, -0.2) is 9.97 Å². The van der Waals surface area contributed by atoms with Gasteiger partial charge in [-0.2, -0.15) is 0 Å². The van der Waals surface area contributed by atoms with E-state index in [0.717, 1.165) is 55.1 Å². The normalized spacial score (nSPS) is 17.5. The number of carbonyl (C=O) groups is 1. The molecule has 6 heteroatoms. The number of aromatic nitrogens is 2. The maximum Gasteiger partial charge on any atom is 0.251 e. The lowest BCUT2D eigenvalue weighted by atomic mass is 10.0. The van der Waals surface area contributed by atoms with E-state index in [2.05, 4.69) is 27.1 Å². The van der Waals surface area contributed by atoms with Crippen LogP contribution < -0.4 is 5.32 Å². The zero-order valence-corrected chi connectivity index (χ0v) is 16.8.